The van der Waals surface area contributed by atoms with Crippen molar-refractivity contribution in [3.05, 3.63) is 29.8 Å². The number of alkyl halides is 3. The van der Waals surface area contributed by atoms with Crippen LogP contribution in [0.15, 0.2) is 24.3 Å². The van der Waals surface area contributed by atoms with Gasteiger partial charge in [-0.15, -0.1) is 13.2 Å². The van der Waals surface area contributed by atoms with Gasteiger partial charge >= 0.3 is 6.36 Å². The Bertz CT molecular complexity index is 325. The number of aliphatic hydroxyl groups excluding tert-OH is 1. The summed E-state index contributed by atoms with van der Waals surface area (Å²) in [6, 6.07) is 5.51. The van der Waals surface area contributed by atoms with Crippen molar-refractivity contribution < 1.29 is 27.8 Å². The molecule has 1 N–H and O–H groups in total. The van der Waals surface area contributed by atoms with E-state index in [2.05, 4.69) is 4.74 Å². The molecule has 1 rings (SSSR count). The summed E-state index contributed by atoms with van der Waals surface area (Å²) in [6.45, 7) is 0.152. The standard InChI is InChI=1S/C10H11F3O3/c11-10(12,13)16-9-3-1-2-8(6-9)7-15-5-4-14/h1-3,6,14H,4-5,7H2. The highest BCUT2D eigenvalue weighted by molar-refractivity contribution is 5.28. The van der Waals surface area contributed by atoms with E-state index in [1.54, 1.807) is 6.07 Å². The molecule has 3 nitrogen and oxygen atoms in total. The molecule has 0 spiro atoms. The molecule has 0 heterocycles. The van der Waals surface area contributed by atoms with Gasteiger partial charge in [0.1, 0.15) is 5.75 Å². The lowest BCUT2D eigenvalue weighted by Gasteiger charge is -2.10. The molecule has 0 aliphatic carbocycles. The van der Waals surface area contributed by atoms with Crippen LogP contribution in [0.1, 0.15) is 5.56 Å². The molecule has 90 valence electrons. The first-order chi connectivity index (χ1) is 7.51. The number of halogens is 3. The lowest BCUT2D eigenvalue weighted by Crippen LogP contribution is -2.17. The van der Waals surface area contributed by atoms with E-state index in [1.165, 1.54) is 18.2 Å². The summed E-state index contributed by atoms with van der Waals surface area (Å²) in [4.78, 5) is 0. The molecule has 0 aliphatic rings. The van der Waals surface area contributed by atoms with E-state index in [0.29, 0.717) is 5.56 Å². The van der Waals surface area contributed by atoms with Crippen molar-refractivity contribution >= 4 is 0 Å². The predicted molar refractivity (Wildman–Crippen MR) is 49.9 cm³/mol. The fourth-order valence-corrected chi connectivity index (χ4v) is 1.09. The second-order valence-corrected chi connectivity index (χ2v) is 2.97. The molecular weight excluding hydrogens is 225 g/mol. The average Bonchev–Trinajstić information content (AvgIpc) is 2.16. The third-order valence-electron chi connectivity index (χ3n) is 1.64. The van der Waals surface area contributed by atoms with Crippen LogP contribution in [0, 0.1) is 0 Å². The van der Waals surface area contributed by atoms with E-state index in [1.807, 2.05) is 0 Å². The highest BCUT2D eigenvalue weighted by Crippen LogP contribution is 2.23. The van der Waals surface area contributed by atoms with Gasteiger partial charge in [0.25, 0.3) is 0 Å². The maximum atomic E-state index is 11.9. The van der Waals surface area contributed by atoms with Gasteiger partial charge < -0.3 is 14.6 Å². The van der Waals surface area contributed by atoms with Crippen LogP contribution < -0.4 is 4.74 Å². The first kappa shape index (κ1) is 12.8. The molecule has 0 bridgehead atoms. The second-order valence-electron chi connectivity index (χ2n) is 2.97. The maximum absolute atomic E-state index is 11.9. The zero-order valence-electron chi connectivity index (χ0n) is 8.33. The Morgan fingerprint density at radius 2 is 2.00 bits per heavy atom. The van der Waals surface area contributed by atoms with Crippen molar-refractivity contribution in [2.75, 3.05) is 13.2 Å². The van der Waals surface area contributed by atoms with Gasteiger partial charge in [0.15, 0.2) is 0 Å². The van der Waals surface area contributed by atoms with Gasteiger partial charge in [-0.2, -0.15) is 0 Å². The van der Waals surface area contributed by atoms with Crippen LogP contribution in [0.4, 0.5) is 13.2 Å². The first-order valence-corrected chi connectivity index (χ1v) is 4.54. The molecule has 0 saturated heterocycles. The summed E-state index contributed by atoms with van der Waals surface area (Å²) in [5.74, 6) is -0.280. The lowest BCUT2D eigenvalue weighted by atomic mass is 10.2. The highest BCUT2D eigenvalue weighted by Gasteiger charge is 2.31. The zero-order chi connectivity index (χ0) is 12.0. The second kappa shape index (κ2) is 5.72. The summed E-state index contributed by atoms with van der Waals surface area (Å²) >= 11 is 0. The van der Waals surface area contributed by atoms with E-state index in [-0.39, 0.29) is 25.6 Å². The molecule has 0 atom stereocenters. The smallest absolute Gasteiger partial charge is 0.406 e. The normalized spacial score (nSPS) is 11.5. The molecule has 0 aromatic heterocycles. The summed E-state index contributed by atoms with van der Waals surface area (Å²) in [5.41, 5.74) is 0.551. The van der Waals surface area contributed by atoms with Crippen LogP contribution in [0.25, 0.3) is 0 Å². The van der Waals surface area contributed by atoms with Crippen molar-refractivity contribution in [2.45, 2.75) is 13.0 Å². The number of hydrogen-bond donors (Lipinski definition) is 1. The Balaban J connectivity index is 2.57. The largest absolute Gasteiger partial charge is 0.573 e. The Morgan fingerprint density at radius 1 is 1.25 bits per heavy atom. The van der Waals surface area contributed by atoms with Crippen LogP contribution in [-0.2, 0) is 11.3 Å². The minimum atomic E-state index is -4.69. The highest BCUT2D eigenvalue weighted by atomic mass is 19.4. The SMILES string of the molecule is OCCOCc1cccc(OC(F)(F)F)c1. The fourth-order valence-electron chi connectivity index (χ4n) is 1.09. The lowest BCUT2D eigenvalue weighted by molar-refractivity contribution is -0.274. The van der Waals surface area contributed by atoms with Crippen LogP contribution >= 0.6 is 0 Å². The van der Waals surface area contributed by atoms with Crippen LogP contribution in [0.5, 0.6) is 5.75 Å². The van der Waals surface area contributed by atoms with Gasteiger partial charge in [0, 0.05) is 0 Å². The predicted octanol–water partition coefficient (Wildman–Crippen LogP) is 2.09. The first-order valence-electron chi connectivity index (χ1n) is 4.54. The summed E-state index contributed by atoms with van der Waals surface area (Å²) in [5, 5.41) is 8.45. The van der Waals surface area contributed by atoms with E-state index in [4.69, 9.17) is 9.84 Å². The van der Waals surface area contributed by atoms with Gasteiger partial charge in [-0.25, -0.2) is 0 Å². The van der Waals surface area contributed by atoms with Crippen LogP contribution in [0.3, 0.4) is 0 Å². The molecule has 0 unspecified atom stereocenters. The monoisotopic (exact) mass is 236 g/mol. The molecule has 16 heavy (non-hydrogen) atoms. The molecule has 1 aromatic rings. The van der Waals surface area contributed by atoms with E-state index in [0.717, 1.165) is 0 Å². The number of rotatable bonds is 5. The minimum Gasteiger partial charge on any atom is -0.406 e. The van der Waals surface area contributed by atoms with Crippen molar-refractivity contribution in [3.63, 3.8) is 0 Å². The van der Waals surface area contributed by atoms with Crippen molar-refractivity contribution in [3.8, 4) is 5.75 Å². The van der Waals surface area contributed by atoms with Gasteiger partial charge in [-0.3, -0.25) is 0 Å². The molecule has 0 amide bonds. The Labute approximate surface area is 90.4 Å². The Hall–Kier alpha value is -1.27. The number of aliphatic hydroxyl groups is 1. The number of benzene rings is 1. The van der Waals surface area contributed by atoms with Gasteiger partial charge in [0.2, 0.25) is 0 Å². The molecule has 0 aliphatic heterocycles. The molecule has 0 radical (unpaired) electrons. The Kier molecular flexibility index (Phi) is 4.57. The summed E-state index contributed by atoms with van der Waals surface area (Å²) in [6.07, 6.45) is -4.69. The topological polar surface area (TPSA) is 38.7 Å². The van der Waals surface area contributed by atoms with Crippen molar-refractivity contribution in [1.29, 1.82) is 0 Å². The van der Waals surface area contributed by atoms with E-state index >= 15 is 0 Å². The molecule has 0 fully saturated rings. The average molecular weight is 236 g/mol. The molecule has 6 heteroatoms. The van der Waals surface area contributed by atoms with E-state index < -0.39 is 6.36 Å². The molecule has 1 aromatic carbocycles. The van der Waals surface area contributed by atoms with Crippen molar-refractivity contribution in [1.82, 2.24) is 0 Å². The van der Waals surface area contributed by atoms with Crippen molar-refractivity contribution in [2.24, 2.45) is 0 Å². The van der Waals surface area contributed by atoms with E-state index in [9.17, 15) is 13.2 Å². The summed E-state index contributed by atoms with van der Waals surface area (Å²) < 4.78 is 44.4. The third kappa shape index (κ3) is 4.99. The zero-order valence-corrected chi connectivity index (χ0v) is 8.33. The molecular formula is C10H11F3O3. The van der Waals surface area contributed by atoms with Gasteiger partial charge in [0.05, 0.1) is 19.8 Å². The van der Waals surface area contributed by atoms with Crippen LogP contribution in [0.2, 0.25) is 0 Å². The number of ether oxygens (including phenoxy) is 2. The van der Waals surface area contributed by atoms with Crippen LogP contribution in [-0.4, -0.2) is 24.7 Å². The van der Waals surface area contributed by atoms with Gasteiger partial charge in [-0.05, 0) is 17.7 Å². The fraction of sp³-hybridized carbons (Fsp3) is 0.400. The minimum absolute atomic E-state index is 0.126. The third-order valence-corrected chi connectivity index (χ3v) is 1.64. The maximum Gasteiger partial charge on any atom is 0.573 e. The Morgan fingerprint density at radius 3 is 2.62 bits per heavy atom. The quantitative estimate of drug-likeness (QED) is 0.795. The number of hydrogen-bond acceptors (Lipinski definition) is 3. The van der Waals surface area contributed by atoms with Gasteiger partial charge in [-0.1, -0.05) is 12.1 Å². The summed E-state index contributed by atoms with van der Waals surface area (Å²) in [7, 11) is 0. The molecule has 0 saturated carbocycles.